The molecule has 2 aromatic heterocycles. The first-order valence-electron chi connectivity index (χ1n) is 10.1. The standard InChI is InChI=1S/C20H27ClFN5O4S/c1-10(20(5)9-23-7-8-27(20)18(29)31-19(2,3)4)30-16-11-13(12(22)14(21)25-16)24-17(32-6)26-15(11)28/h10,23H,7-9H2,1-6H3,(H,24,26,28). The minimum absolute atomic E-state index is 0.146. The maximum absolute atomic E-state index is 14.6. The van der Waals surface area contributed by atoms with Crippen molar-refractivity contribution in [2.45, 2.75) is 57.0 Å². The number of piperazine rings is 1. The number of halogens is 2. The second kappa shape index (κ2) is 9.03. The molecule has 2 atom stereocenters. The minimum atomic E-state index is -0.899. The van der Waals surface area contributed by atoms with Crippen LogP contribution >= 0.6 is 23.4 Å². The molecule has 9 nitrogen and oxygen atoms in total. The molecule has 0 bridgehead atoms. The van der Waals surface area contributed by atoms with Gasteiger partial charge in [0.25, 0.3) is 5.56 Å². The lowest BCUT2D eigenvalue weighted by molar-refractivity contribution is -0.0396. The third-order valence-electron chi connectivity index (χ3n) is 5.28. The first-order valence-corrected chi connectivity index (χ1v) is 11.7. The van der Waals surface area contributed by atoms with Crippen molar-refractivity contribution in [2.75, 3.05) is 25.9 Å². The zero-order valence-corrected chi connectivity index (χ0v) is 20.4. The van der Waals surface area contributed by atoms with E-state index in [0.29, 0.717) is 19.6 Å². The summed E-state index contributed by atoms with van der Waals surface area (Å²) in [7, 11) is 0. The number of pyridine rings is 1. The molecule has 12 heteroatoms. The molecule has 0 aromatic carbocycles. The lowest BCUT2D eigenvalue weighted by Crippen LogP contribution is -2.67. The van der Waals surface area contributed by atoms with Crippen molar-refractivity contribution in [3.05, 3.63) is 21.3 Å². The van der Waals surface area contributed by atoms with Crippen molar-refractivity contribution in [2.24, 2.45) is 0 Å². The molecule has 32 heavy (non-hydrogen) atoms. The Balaban J connectivity index is 2.01. The first-order chi connectivity index (χ1) is 14.9. The highest BCUT2D eigenvalue weighted by molar-refractivity contribution is 7.98. The molecule has 0 saturated carbocycles. The molecule has 1 fully saturated rings. The highest BCUT2D eigenvalue weighted by atomic mass is 35.5. The summed E-state index contributed by atoms with van der Waals surface area (Å²) in [6, 6.07) is 0. The molecule has 3 rings (SSSR count). The van der Waals surface area contributed by atoms with Gasteiger partial charge in [0.1, 0.15) is 22.6 Å². The van der Waals surface area contributed by atoms with Crippen LogP contribution in [0.3, 0.4) is 0 Å². The van der Waals surface area contributed by atoms with Gasteiger partial charge in [-0.2, -0.15) is 4.98 Å². The van der Waals surface area contributed by atoms with Crippen LogP contribution in [0.4, 0.5) is 9.18 Å². The number of nitrogens with zero attached hydrogens (tertiary/aromatic N) is 3. The van der Waals surface area contributed by atoms with E-state index in [9.17, 15) is 14.0 Å². The van der Waals surface area contributed by atoms with E-state index in [4.69, 9.17) is 21.1 Å². The molecule has 2 aromatic rings. The Bertz CT molecular complexity index is 1090. The van der Waals surface area contributed by atoms with Crippen LogP contribution in [0.25, 0.3) is 10.9 Å². The molecule has 1 aliphatic heterocycles. The molecule has 0 aliphatic carbocycles. The molecule has 2 N–H and O–H groups in total. The van der Waals surface area contributed by atoms with E-state index in [1.807, 2.05) is 6.92 Å². The van der Waals surface area contributed by atoms with Crippen molar-refractivity contribution in [3.8, 4) is 5.88 Å². The topological polar surface area (TPSA) is 109 Å². The number of aromatic amines is 1. The van der Waals surface area contributed by atoms with Gasteiger partial charge in [-0.3, -0.25) is 9.69 Å². The Labute approximate surface area is 194 Å². The molecule has 176 valence electrons. The molecule has 1 saturated heterocycles. The molecule has 2 unspecified atom stereocenters. The number of hydrogen-bond acceptors (Lipinski definition) is 8. The van der Waals surface area contributed by atoms with Crippen molar-refractivity contribution in [3.63, 3.8) is 0 Å². The van der Waals surface area contributed by atoms with Crippen LogP contribution < -0.4 is 15.6 Å². The highest BCUT2D eigenvalue weighted by Gasteiger charge is 2.45. The number of carbonyl (C=O) groups is 1. The van der Waals surface area contributed by atoms with Gasteiger partial charge in [-0.25, -0.2) is 14.2 Å². The summed E-state index contributed by atoms with van der Waals surface area (Å²) in [4.78, 5) is 37.8. The van der Waals surface area contributed by atoms with Gasteiger partial charge in [-0.1, -0.05) is 23.4 Å². The largest absolute Gasteiger partial charge is 0.471 e. The molecule has 1 aliphatic rings. The Morgan fingerprint density at radius 2 is 2.06 bits per heavy atom. The maximum atomic E-state index is 14.6. The van der Waals surface area contributed by atoms with Crippen molar-refractivity contribution < 1.29 is 18.7 Å². The van der Waals surface area contributed by atoms with Crippen molar-refractivity contribution >= 4 is 40.4 Å². The van der Waals surface area contributed by atoms with E-state index in [1.165, 1.54) is 0 Å². The van der Waals surface area contributed by atoms with Gasteiger partial charge in [-0.05, 0) is 40.9 Å². The molecule has 0 spiro atoms. The Morgan fingerprint density at radius 1 is 1.38 bits per heavy atom. The lowest BCUT2D eigenvalue weighted by atomic mass is 9.91. The second-order valence-electron chi connectivity index (χ2n) is 8.75. The predicted octanol–water partition coefficient (Wildman–Crippen LogP) is 3.20. The first kappa shape index (κ1) is 24.5. The number of H-pyrrole nitrogens is 1. The van der Waals surface area contributed by atoms with Gasteiger partial charge in [0.05, 0.1) is 5.54 Å². The van der Waals surface area contributed by atoms with E-state index in [2.05, 4.69) is 20.3 Å². The van der Waals surface area contributed by atoms with E-state index in [-0.39, 0.29) is 21.9 Å². The quantitative estimate of drug-likeness (QED) is 0.384. The normalized spacial score (nSPS) is 20.3. The van der Waals surface area contributed by atoms with Crippen LogP contribution in [0.2, 0.25) is 5.15 Å². The molecular formula is C20H27ClFN5O4S. The number of nitrogens with one attached hydrogen (secondary N) is 2. The minimum Gasteiger partial charge on any atom is -0.471 e. The second-order valence-corrected chi connectivity index (χ2v) is 9.90. The van der Waals surface area contributed by atoms with Gasteiger partial charge in [0.15, 0.2) is 16.1 Å². The fraction of sp³-hybridized carbons (Fsp3) is 0.600. The van der Waals surface area contributed by atoms with Crippen LogP contribution in [0, 0.1) is 5.82 Å². The number of hydrogen-bond donors (Lipinski definition) is 2. The summed E-state index contributed by atoms with van der Waals surface area (Å²) in [5.74, 6) is -1.06. The molecule has 3 heterocycles. The van der Waals surface area contributed by atoms with Crippen LogP contribution in [0.15, 0.2) is 9.95 Å². The average Bonchev–Trinajstić information content (AvgIpc) is 2.70. The number of amides is 1. The predicted molar refractivity (Wildman–Crippen MR) is 121 cm³/mol. The monoisotopic (exact) mass is 487 g/mol. The average molecular weight is 488 g/mol. The Morgan fingerprint density at radius 3 is 2.69 bits per heavy atom. The fourth-order valence-corrected chi connectivity index (χ4v) is 3.98. The van der Waals surface area contributed by atoms with Crippen LogP contribution in [0.5, 0.6) is 5.88 Å². The Hall–Kier alpha value is -2.11. The fourth-order valence-electron chi connectivity index (χ4n) is 3.44. The summed E-state index contributed by atoms with van der Waals surface area (Å²) in [6.45, 7) is 10.4. The van der Waals surface area contributed by atoms with Gasteiger partial charge >= 0.3 is 6.09 Å². The summed E-state index contributed by atoms with van der Waals surface area (Å²) in [5, 5.41) is 2.89. The van der Waals surface area contributed by atoms with Gasteiger partial charge in [-0.15, -0.1) is 0 Å². The number of rotatable bonds is 4. The molecule has 0 radical (unpaired) electrons. The highest BCUT2D eigenvalue weighted by Crippen LogP contribution is 2.32. The smallest absolute Gasteiger partial charge is 0.410 e. The summed E-state index contributed by atoms with van der Waals surface area (Å²) < 4.78 is 26.2. The van der Waals surface area contributed by atoms with Gasteiger partial charge < -0.3 is 19.8 Å². The number of fused-ring (bicyclic) bond motifs is 1. The van der Waals surface area contributed by atoms with Crippen LogP contribution in [-0.4, -0.2) is 69.1 Å². The summed E-state index contributed by atoms with van der Waals surface area (Å²) in [5.41, 5.74) is -2.34. The third kappa shape index (κ3) is 4.79. The van der Waals surface area contributed by atoms with Gasteiger partial charge in [0, 0.05) is 19.6 Å². The zero-order valence-electron chi connectivity index (χ0n) is 18.8. The number of aromatic nitrogens is 3. The lowest BCUT2D eigenvalue weighted by Gasteiger charge is -2.47. The van der Waals surface area contributed by atoms with Crippen LogP contribution in [-0.2, 0) is 4.74 Å². The maximum Gasteiger partial charge on any atom is 0.410 e. The van der Waals surface area contributed by atoms with Crippen LogP contribution in [0.1, 0.15) is 34.6 Å². The molecule has 1 amide bonds. The number of carbonyl (C=O) groups excluding carboxylic acids is 1. The van der Waals surface area contributed by atoms with E-state index < -0.39 is 39.9 Å². The van der Waals surface area contributed by atoms with E-state index in [1.54, 1.807) is 38.9 Å². The van der Waals surface area contributed by atoms with E-state index >= 15 is 0 Å². The van der Waals surface area contributed by atoms with Gasteiger partial charge in [0.2, 0.25) is 5.88 Å². The molecular weight excluding hydrogens is 461 g/mol. The number of thioether (sulfide) groups is 1. The SMILES string of the molecule is CSc1nc2c(F)c(Cl)nc(OC(C)C3(C)CNCCN3C(=O)OC(C)(C)C)c2c(=O)[nH]1. The number of ether oxygens (including phenoxy) is 2. The Kier molecular flexibility index (Phi) is 6.92. The zero-order chi connectivity index (χ0) is 23.8. The summed E-state index contributed by atoms with van der Waals surface area (Å²) >= 11 is 7.13. The van der Waals surface area contributed by atoms with Crippen molar-refractivity contribution in [1.82, 2.24) is 25.2 Å². The third-order valence-corrected chi connectivity index (χ3v) is 6.11. The van der Waals surface area contributed by atoms with E-state index in [0.717, 1.165) is 11.8 Å². The summed E-state index contributed by atoms with van der Waals surface area (Å²) in [6.07, 6.45) is 0.558. The van der Waals surface area contributed by atoms with Crippen molar-refractivity contribution in [1.29, 1.82) is 0 Å².